The quantitative estimate of drug-likeness (QED) is 0.295. The van der Waals surface area contributed by atoms with Crippen molar-refractivity contribution in [1.29, 1.82) is 0 Å². The van der Waals surface area contributed by atoms with E-state index in [0.717, 1.165) is 11.1 Å². The molecule has 1 saturated heterocycles. The number of Topliss-reactive ketones (excluding diaryl/α,β-unsaturated/α-hetero) is 1. The van der Waals surface area contributed by atoms with E-state index < -0.39 is 17.7 Å². The standard InChI is InChI=1S/C28H30N2O5/c1-18-16-21(11-13-22(18)34-17-20-8-6-5-7-9-20)26(31)24-25(23-12-10-19(2)35-23)30(15-14-29(3)4)28(33)27(24)32/h5-13,16,25,31H,14-15,17H2,1-4H3/b26-24-. The number of aryl methyl sites for hydroxylation is 2. The molecule has 0 saturated carbocycles. The number of carbonyl (C=O) groups is 2. The number of likely N-dealkylation sites (N-methyl/N-ethyl adjacent to an activating group) is 1. The number of carbonyl (C=O) groups excluding carboxylic acids is 2. The summed E-state index contributed by atoms with van der Waals surface area (Å²) in [6.07, 6.45) is 0. The molecule has 182 valence electrons. The minimum absolute atomic E-state index is 0.0282. The predicted molar refractivity (Wildman–Crippen MR) is 133 cm³/mol. The Morgan fingerprint density at radius 3 is 2.43 bits per heavy atom. The van der Waals surface area contributed by atoms with Crippen LogP contribution in [0.15, 0.2) is 70.7 Å². The summed E-state index contributed by atoms with van der Waals surface area (Å²) in [5, 5.41) is 11.3. The molecule has 1 aromatic heterocycles. The van der Waals surface area contributed by atoms with Gasteiger partial charge < -0.3 is 24.1 Å². The Labute approximate surface area is 205 Å². The summed E-state index contributed by atoms with van der Waals surface area (Å²) in [4.78, 5) is 29.4. The maximum atomic E-state index is 13.1. The molecule has 7 nitrogen and oxygen atoms in total. The highest BCUT2D eigenvalue weighted by atomic mass is 16.5. The molecule has 35 heavy (non-hydrogen) atoms. The summed E-state index contributed by atoms with van der Waals surface area (Å²) in [6.45, 7) is 4.98. The minimum atomic E-state index is -0.794. The lowest BCUT2D eigenvalue weighted by Crippen LogP contribution is -2.35. The summed E-state index contributed by atoms with van der Waals surface area (Å²) in [5.74, 6) is 0.187. The first-order chi connectivity index (χ1) is 16.8. The second kappa shape index (κ2) is 10.2. The number of ketones is 1. The van der Waals surface area contributed by atoms with Gasteiger partial charge in [0.05, 0.1) is 5.57 Å². The number of nitrogens with zero attached hydrogens (tertiary/aromatic N) is 2. The van der Waals surface area contributed by atoms with E-state index in [4.69, 9.17) is 9.15 Å². The summed E-state index contributed by atoms with van der Waals surface area (Å²) >= 11 is 0. The summed E-state index contributed by atoms with van der Waals surface area (Å²) in [6, 6.07) is 17.8. The average molecular weight is 475 g/mol. The van der Waals surface area contributed by atoms with Crippen LogP contribution in [-0.4, -0.2) is 53.8 Å². The number of aliphatic hydroxyl groups excluding tert-OH is 1. The molecule has 1 amide bonds. The number of likely N-dealkylation sites (tertiary alicyclic amines) is 1. The van der Waals surface area contributed by atoms with Crippen LogP contribution >= 0.6 is 0 Å². The molecule has 0 radical (unpaired) electrons. The van der Waals surface area contributed by atoms with Crippen molar-refractivity contribution < 1.29 is 23.8 Å². The van der Waals surface area contributed by atoms with Crippen molar-refractivity contribution in [3.63, 3.8) is 0 Å². The molecular weight excluding hydrogens is 444 g/mol. The number of ether oxygens (including phenoxy) is 1. The number of furan rings is 1. The van der Waals surface area contributed by atoms with E-state index in [1.54, 1.807) is 37.3 Å². The van der Waals surface area contributed by atoms with Crippen LogP contribution in [0, 0.1) is 13.8 Å². The van der Waals surface area contributed by atoms with Crippen LogP contribution in [0.5, 0.6) is 5.75 Å². The van der Waals surface area contributed by atoms with Gasteiger partial charge in [0.1, 0.15) is 35.7 Å². The summed E-state index contributed by atoms with van der Waals surface area (Å²) in [5.41, 5.74) is 2.32. The van der Waals surface area contributed by atoms with Crippen molar-refractivity contribution in [2.45, 2.75) is 26.5 Å². The van der Waals surface area contributed by atoms with Crippen LogP contribution in [0.3, 0.4) is 0 Å². The van der Waals surface area contributed by atoms with Crippen LogP contribution in [-0.2, 0) is 16.2 Å². The Morgan fingerprint density at radius 2 is 1.80 bits per heavy atom. The third kappa shape index (κ3) is 5.15. The lowest BCUT2D eigenvalue weighted by molar-refractivity contribution is -0.140. The van der Waals surface area contributed by atoms with Crippen molar-refractivity contribution in [2.75, 3.05) is 27.2 Å². The molecule has 3 aromatic rings. The normalized spacial score (nSPS) is 17.4. The second-order valence-corrected chi connectivity index (χ2v) is 9.00. The molecule has 1 unspecified atom stereocenters. The number of benzene rings is 2. The van der Waals surface area contributed by atoms with Crippen LogP contribution in [0.1, 0.15) is 34.3 Å². The van der Waals surface area contributed by atoms with Gasteiger partial charge >= 0.3 is 0 Å². The van der Waals surface area contributed by atoms with E-state index in [1.165, 1.54) is 4.90 Å². The molecular formula is C28H30N2O5. The first-order valence-electron chi connectivity index (χ1n) is 11.5. The zero-order valence-corrected chi connectivity index (χ0v) is 20.4. The maximum absolute atomic E-state index is 13.1. The Kier molecular flexibility index (Phi) is 7.07. The summed E-state index contributed by atoms with van der Waals surface area (Å²) in [7, 11) is 3.79. The minimum Gasteiger partial charge on any atom is -0.507 e. The van der Waals surface area contributed by atoms with Gasteiger partial charge in [0, 0.05) is 18.7 Å². The molecule has 4 rings (SSSR count). The highest BCUT2D eigenvalue weighted by Gasteiger charge is 2.47. The molecule has 2 aromatic carbocycles. The van der Waals surface area contributed by atoms with Gasteiger partial charge in [0.15, 0.2) is 0 Å². The predicted octanol–water partition coefficient (Wildman–Crippen LogP) is 4.46. The molecule has 1 fully saturated rings. The van der Waals surface area contributed by atoms with Crippen LogP contribution in [0.4, 0.5) is 0 Å². The van der Waals surface area contributed by atoms with Crippen molar-refractivity contribution in [3.8, 4) is 5.75 Å². The van der Waals surface area contributed by atoms with E-state index >= 15 is 0 Å². The van der Waals surface area contributed by atoms with E-state index in [2.05, 4.69) is 0 Å². The van der Waals surface area contributed by atoms with Gasteiger partial charge in [-0.3, -0.25) is 9.59 Å². The fourth-order valence-electron chi connectivity index (χ4n) is 4.16. The molecule has 2 heterocycles. The first kappa shape index (κ1) is 24.3. The molecule has 7 heteroatoms. The molecule has 1 N–H and O–H groups in total. The second-order valence-electron chi connectivity index (χ2n) is 9.00. The topological polar surface area (TPSA) is 83.2 Å². The third-order valence-electron chi connectivity index (χ3n) is 6.04. The molecule has 1 aliphatic heterocycles. The monoisotopic (exact) mass is 474 g/mol. The Hall–Kier alpha value is -3.84. The third-order valence-corrected chi connectivity index (χ3v) is 6.04. The summed E-state index contributed by atoms with van der Waals surface area (Å²) < 4.78 is 11.7. The number of aliphatic hydroxyl groups is 1. The Balaban J connectivity index is 1.68. The smallest absolute Gasteiger partial charge is 0.295 e. The number of hydrogen-bond acceptors (Lipinski definition) is 6. The van der Waals surface area contributed by atoms with Crippen molar-refractivity contribution in [1.82, 2.24) is 9.80 Å². The van der Waals surface area contributed by atoms with E-state index in [-0.39, 0.29) is 11.3 Å². The van der Waals surface area contributed by atoms with Gasteiger partial charge in [0.25, 0.3) is 11.7 Å². The molecule has 0 aliphatic carbocycles. The van der Waals surface area contributed by atoms with Crippen LogP contribution < -0.4 is 4.74 Å². The zero-order chi connectivity index (χ0) is 25.1. The Bertz CT molecular complexity index is 1260. The van der Waals surface area contributed by atoms with Crippen molar-refractivity contribution in [2.24, 2.45) is 0 Å². The lowest BCUT2D eigenvalue weighted by atomic mass is 9.98. The number of hydrogen-bond donors (Lipinski definition) is 1. The highest BCUT2D eigenvalue weighted by Crippen LogP contribution is 2.40. The highest BCUT2D eigenvalue weighted by molar-refractivity contribution is 6.46. The van der Waals surface area contributed by atoms with Gasteiger partial charge in [-0.15, -0.1) is 0 Å². The van der Waals surface area contributed by atoms with Gasteiger partial charge in [-0.05, 0) is 69.4 Å². The van der Waals surface area contributed by atoms with E-state index in [1.807, 2.05) is 56.3 Å². The fourth-order valence-corrected chi connectivity index (χ4v) is 4.16. The lowest BCUT2D eigenvalue weighted by Gasteiger charge is -2.24. The van der Waals surface area contributed by atoms with Gasteiger partial charge in [-0.1, -0.05) is 30.3 Å². The molecule has 1 atom stereocenters. The SMILES string of the molecule is Cc1ccc(C2/C(=C(/O)c3ccc(OCc4ccccc4)c(C)c3)C(=O)C(=O)N2CCN(C)C)o1. The number of rotatable bonds is 8. The molecule has 0 spiro atoms. The number of amides is 1. The first-order valence-corrected chi connectivity index (χ1v) is 11.5. The van der Waals surface area contributed by atoms with Crippen molar-refractivity contribution >= 4 is 17.4 Å². The van der Waals surface area contributed by atoms with Gasteiger partial charge in [-0.25, -0.2) is 0 Å². The van der Waals surface area contributed by atoms with E-state index in [0.29, 0.717) is 42.5 Å². The van der Waals surface area contributed by atoms with Crippen LogP contribution in [0.25, 0.3) is 5.76 Å². The largest absolute Gasteiger partial charge is 0.507 e. The maximum Gasteiger partial charge on any atom is 0.295 e. The fraction of sp³-hybridized carbons (Fsp3) is 0.286. The molecule has 0 bridgehead atoms. The average Bonchev–Trinajstić information content (AvgIpc) is 3.37. The van der Waals surface area contributed by atoms with Crippen molar-refractivity contribution in [3.05, 3.63) is 94.4 Å². The van der Waals surface area contributed by atoms with Gasteiger partial charge in [0.2, 0.25) is 0 Å². The van der Waals surface area contributed by atoms with E-state index in [9.17, 15) is 14.7 Å². The molecule has 1 aliphatic rings. The van der Waals surface area contributed by atoms with Gasteiger partial charge in [-0.2, -0.15) is 0 Å². The zero-order valence-electron chi connectivity index (χ0n) is 20.4. The van der Waals surface area contributed by atoms with Crippen LogP contribution in [0.2, 0.25) is 0 Å². The Morgan fingerprint density at radius 1 is 1.06 bits per heavy atom.